The number of nitrogens with two attached hydrogens (primary N) is 1. The van der Waals surface area contributed by atoms with Gasteiger partial charge in [0.05, 0.1) is 11.6 Å². The van der Waals surface area contributed by atoms with E-state index in [9.17, 15) is 4.39 Å². The molecule has 1 aromatic rings. The van der Waals surface area contributed by atoms with E-state index in [2.05, 4.69) is 15.9 Å². The molecule has 1 unspecified atom stereocenters. The van der Waals surface area contributed by atoms with Crippen LogP contribution in [0.5, 0.6) is 5.75 Å². The molecule has 0 aliphatic rings. The fourth-order valence-corrected chi connectivity index (χ4v) is 1.73. The molecule has 14 heavy (non-hydrogen) atoms. The van der Waals surface area contributed by atoms with Gasteiger partial charge in [0.15, 0.2) is 0 Å². The van der Waals surface area contributed by atoms with Crippen molar-refractivity contribution in [2.45, 2.75) is 12.8 Å². The van der Waals surface area contributed by atoms with Crippen LogP contribution in [-0.4, -0.2) is 13.7 Å². The lowest BCUT2D eigenvalue weighted by atomic mass is 10.0. The summed E-state index contributed by atoms with van der Waals surface area (Å²) in [6.45, 7) is 2.31. The fraction of sp³-hybridized carbons (Fsp3) is 0.400. The summed E-state index contributed by atoms with van der Waals surface area (Å²) >= 11 is 3.31. The molecule has 0 amide bonds. The molecule has 0 fully saturated rings. The lowest BCUT2D eigenvalue weighted by molar-refractivity contribution is 0.407. The second kappa shape index (κ2) is 4.75. The van der Waals surface area contributed by atoms with Crippen LogP contribution in [-0.2, 0) is 0 Å². The topological polar surface area (TPSA) is 35.2 Å². The van der Waals surface area contributed by atoms with E-state index in [0.29, 0.717) is 17.9 Å². The fourth-order valence-electron chi connectivity index (χ4n) is 1.21. The van der Waals surface area contributed by atoms with E-state index in [-0.39, 0.29) is 11.7 Å². The number of methoxy groups -OCH3 is 1. The first kappa shape index (κ1) is 11.5. The highest BCUT2D eigenvalue weighted by molar-refractivity contribution is 9.10. The maximum Gasteiger partial charge on any atom is 0.135 e. The van der Waals surface area contributed by atoms with Crippen LogP contribution in [0.2, 0.25) is 0 Å². The Morgan fingerprint density at radius 1 is 1.57 bits per heavy atom. The average molecular weight is 262 g/mol. The summed E-state index contributed by atoms with van der Waals surface area (Å²) in [5, 5.41) is 0. The molecule has 1 aromatic carbocycles. The van der Waals surface area contributed by atoms with Gasteiger partial charge in [-0.1, -0.05) is 6.92 Å². The summed E-state index contributed by atoms with van der Waals surface area (Å²) in [5.74, 6) is 0.232. The Kier molecular flexibility index (Phi) is 3.89. The molecule has 0 aromatic heterocycles. The predicted octanol–water partition coefficient (Wildman–Crippen LogP) is 2.66. The molecule has 78 valence electrons. The first-order valence-corrected chi connectivity index (χ1v) is 5.12. The van der Waals surface area contributed by atoms with Crippen LogP contribution in [0.15, 0.2) is 16.6 Å². The molecular weight excluding hydrogens is 249 g/mol. The Balaban J connectivity index is 3.14. The maximum atomic E-state index is 13.5. The molecule has 0 spiro atoms. The summed E-state index contributed by atoms with van der Waals surface area (Å²) < 4.78 is 19.2. The molecule has 0 heterocycles. The summed E-state index contributed by atoms with van der Waals surface area (Å²) in [5.41, 5.74) is 6.09. The summed E-state index contributed by atoms with van der Waals surface area (Å²) in [4.78, 5) is 0. The zero-order valence-electron chi connectivity index (χ0n) is 8.18. The molecule has 0 aliphatic carbocycles. The summed E-state index contributed by atoms with van der Waals surface area (Å²) in [7, 11) is 1.51. The largest absolute Gasteiger partial charge is 0.495 e. The van der Waals surface area contributed by atoms with E-state index in [1.165, 1.54) is 13.2 Å². The van der Waals surface area contributed by atoms with Gasteiger partial charge in [0.2, 0.25) is 0 Å². The third-order valence-electron chi connectivity index (χ3n) is 2.16. The van der Waals surface area contributed by atoms with E-state index in [1.807, 2.05) is 6.92 Å². The van der Waals surface area contributed by atoms with Crippen molar-refractivity contribution in [3.63, 3.8) is 0 Å². The average Bonchev–Trinajstić information content (AvgIpc) is 2.19. The Hall–Kier alpha value is -0.610. The molecule has 1 atom stereocenters. The van der Waals surface area contributed by atoms with Crippen LogP contribution in [0.3, 0.4) is 0 Å². The van der Waals surface area contributed by atoms with Crippen molar-refractivity contribution in [3.05, 3.63) is 28.0 Å². The van der Waals surface area contributed by atoms with Crippen LogP contribution in [0, 0.1) is 5.82 Å². The number of hydrogen-bond acceptors (Lipinski definition) is 2. The van der Waals surface area contributed by atoms with Crippen molar-refractivity contribution in [2.24, 2.45) is 5.73 Å². The highest BCUT2D eigenvalue weighted by Crippen LogP contribution is 2.30. The third-order valence-corrected chi connectivity index (χ3v) is 2.78. The molecule has 1 rings (SSSR count). The number of benzene rings is 1. The zero-order chi connectivity index (χ0) is 10.7. The Morgan fingerprint density at radius 3 is 2.71 bits per heavy atom. The van der Waals surface area contributed by atoms with Gasteiger partial charge >= 0.3 is 0 Å². The molecular formula is C10H13BrFNO. The van der Waals surface area contributed by atoms with Crippen LogP contribution in [0.4, 0.5) is 4.39 Å². The maximum absolute atomic E-state index is 13.5. The van der Waals surface area contributed by atoms with Crippen molar-refractivity contribution >= 4 is 15.9 Å². The second-order valence-corrected chi connectivity index (χ2v) is 4.00. The Labute approximate surface area is 91.4 Å². The van der Waals surface area contributed by atoms with Crippen molar-refractivity contribution < 1.29 is 9.13 Å². The number of hydrogen-bond donors (Lipinski definition) is 1. The van der Waals surface area contributed by atoms with Gasteiger partial charge in [0, 0.05) is 6.07 Å². The van der Waals surface area contributed by atoms with Gasteiger partial charge in [-0.05, 0) is 40.0 Å². The molecule has 2 N–H and O–H groups in total. The standard InChI is InChI=1S/C10H13BrFNO/c1-6(5-13)7-3-8(11)10(14-2)4-9(7)12/h3-4,6H,5,13H2,1-2H3. The number of rotatable bonds is 3. The van der Waals surface area contributed by atoms with Gasteiger partial charge in [-0.15, -0.1) is 0 Å². The molecule has 4 heteroatoms. The van der Waals surface area contributed by atoms with Gasteiger partial charge in [-0.25, -0.2) is 4.39 Å². The van der Waals surface area contributed by atoms with Crippen LogP contribution in [0.1, 0.15) is 18.4 Å². The molecule has 0 radical (unpaired) electrons. The lowest BCUT2D eigenvalue weighted by Crippen LogP contribution is -2.10. The van der Waals surface area contributed by atoms with E-state index in [0.717, 1.165) is 4.47 Å². The first-order chi connectivity index (χ1) is 6.60. The smallest absolute Gasteiger partial charge is 0.135 e. The predicted molar refractivity (Wildman–Crippen MR) is 58.1 cm³/mol. The van der Waals surface area contributed by atoms with E-state index in [4.69, 9.17) is 10.5 Å². The monoisotopic (exact) mass is 261 g/mol. The van der Waals surface area contributed by atoms with Gasteiger partial charge in [0.25, 0.3) is 0 Å². The quantitative estimate of drug-likeness (QED) is 0.908. The minimum atomic E-state index is -0.275. The Morgan fingerprint density at radius 2 is 2.21 bits per heavy atom. The lowest BCUT2D eigenvalue weighted by Gasteiger charge is -2.12. The van der Waals surface area contributed by atoms with Gasteiger partial charge < -0.3 is 10.5 Å². The van der Waals surface area contributed by atoms with Gasteiger partial charge in [-0.2, -0.15) is 0 Å². The molecule has 0 aliphatic heterocycles. The molecule has 0 bridgehead atoms. The van der Waals surface area contributed by atoms with Gasteiger partial charge in [-0.3, -0.25) is 0 Å². The summed E-state index contributed by atoms with van der Waals surface area (Å²) in [6.07, 6.45) is 0. The highest BCUT2D eigenvalue weighted by atomic mass is 79.9. The van der Waals surface area contributed by atoms with Crippen LogP contribution < -0.4 is 10.5 Å². The van der Waals surface area contributed by atoms with Crippen molar-refractivity contribution in [1.82, 2.24) is 0 Å². The van der Waals surface area contributed by atoms with Gasteiger partial charge in [0.1, 0.15) is 11.6 Å². The number of halogens is 2. The molecule has 2 nitrogen and oxygen atoms in total. The minimum Gasteiger partial charge on any atom is -0.495 e. The van der Waals surface area contributed by atoms with E-state index < -0.39 is 0 Å². The van der Waals surface area contributed by atoms with E-state index >= 15 is 0 Å². The van der Waals surface area contributed by atoms with Crippen molar-refractivity contribution in [1.29, 1.82) is 0 Å². The normalized spacial score (nSPS) is 12.6. The second-order valence-electron chi connectivity index (χ2n) is 3.15. The molecule has 0 saturated heterocycles. The SMILES string of the molecule is COc1cc(F)c(C(C)CN)cc1Br. The zero-order valence-corrected chi connectivity index (χ0v) is 9.77. The molecule has 0 saturated carbocycles. The van der Waals surface area contributed by atoms with E-state index in [1.54, 1.807) is 6.07 Å². The first-order valence-electron chi connectivity index (χ1n) is 4.33. The summed E-state index contributed by atoms with van der Waals surface area (Å²) in [6, 6.07) is 3.08. The van der Waals surface area contributed by atoms with Crippen molar-refractivity contribution in [2.75, 3.05) is 13.7 Å². The van der Waals surface area contributed by atoms with Crippen molar-refractivity contribution in [3.8, 4) is 5.75 Å². The third kappa shape index (κ3) is 2.25. The number of ether oxygens (including phenoxy) is 1. The Bertz CT molecular complexity index is 330. The minimum absolute atomic E-state index is 0.0113. The van der Waals surface area contributed by atoms with Crippen LogP contribution >= 0.6 is 15.9 Å². The van der Waals surface area contributed by atoms with Crippen LogP contribution in [0.25, 0.3) is 0 Å². The highest BCUT2D eigenvalue weighted by Gasteiger charge is 2.13.